The summed E-state index contributed by atoms with van der Waals surface area (Å²) in [6.45, 7) is 1.98. The van der Waals surface area contributed by atoms with Gasteiger partial charge in [-0.3, -0.25) is 9.97 Å². The maximum absolute atomic E-state index is 5.96. The third-order valence-electron chi connectivity index (χ3n) is 2.69. The Morgan fingerprint density at radius 1 is 1.29 bits per heavy atom. The second kappa shape index (κ2) is 4.93. The highest BCUT2D eigenvalue weighted by Gasteiger charge is 2.15. The summed E-state index contributed by atoms with van der Waals surface area (Å²) in [5.41, 5.74) is 9.58. The number of anilines is 1. The highest BCUT2D eigenvalue weighted by molar-refractivity contribution is 5.48. The molecule has 0 radical (unpaired) electrons. The number of hydrogen-bond donors (Lipinski definition) is 2. The summed E-state index contributed by atoms with van der Waals surface area (Å²) in [7, 11) is 1.89. The Labute approximate surface area is 101 Å². The normalized spacial score (nSPS) is 12.4. The molecular weight excluding hydrogens is 212 g/mol. The molecule has 0 spiro atoms. The average Bonchev–Trinajstić information content (AvgIpc) is 2.33. The summed E-state index contributed by atoms with van der Waals surface area (Å²) in [5, 5.41) is 3.22. The van der Waals surface area contributed by atoms with Crippen LogP contribution in [0.25, 0.3) is 0 Å². The second-order valence-corrected chi connectivity index (χ2v) is 3.93. The van der Waals surface area contributed by atoms with E-state index >= 15 is 0 Å². The van der Waals surface area contributed by atoms with Crippen LogP contribution in [-0.4, -0.2) is 17.0 Å². The Hall–Kier alpha value is -1.94. The van der Waals surface area contributed by atoms with Crippen molar-refractivity contribution >= 4 is 5.69 Å². The Morgan fingerprint density at radius 3 is 2.76 bits per heavy atom. The zero-order chi connectivity index (χ0) is 12.3. The Balaban J connectivity index is 2.44. The van der Waals surface area contributed by atoms with E-state index in [9.17, 15) is 0 Å². The van der Waals surface area contributed by atoms with E-state index in [-0.39, 0.29) is 6.04 Å². The number of nitrogens with zero attached hydrogens (tertiary/aromatic N) is 2. The highest BCUT2D eigenvalue weighted by Crippen LogP contribution is 2.24. The van der Waals surface area contributed by atoms with Crippen LogP contribution < -0.4 is 11.1 Å². The van der Waals surface area contributed by atoms with Crippen molar-refractivity contribution in [2.24, 2.45) is 0 Å². The quantitative estimate of drug-likeness (QED) is 0.839. The minimum atomic E-state index is -0.0244. The van der Waals surface area contributed by atoms with E-state index in [0.29, 0.717) is 0 Å². The molecule has 2 heterocycles. The molecule has 0 fully saturated rings. The van der Waals surface area contributed by atoms with Crippen molar-refractivity contribution in [2.75, 3.05) is 12.8 Å². The van der Waals surface area contributed by atoms with Crippen molar-refractivity contribution in [3.05, 3.63) is 53.6 Å². The van der Waals surface area contributed by atoms with Crippen molar-refractivity contribution in [1.82, 2.24) is 15.3 Å². The smallest absolute Gasteiger partial charge is 0.0784 e. The van der Waals surface area contributed by atoms with Crippen LogP contribution in [0.3, 0.4) is 0 Å². The van der Waals surface area contributed by atoms with Crippen LogP contribution in [0.5, 0.6) is 0 Å². The van der Waals surface area contributed by atoms with Gasteiger partial charge in [0.2, 0.25) is 0 Å². The Morgan fingerprint density at radius 2 is 2.12 bits per heavy atom. The van der Waals surface area contributed by atoms with E-state index < -0.39 is 0 Å². The molecule has 4 nitrogen and oxygen atoms in total. The summed E-state index contributed by atoms with van der Waals surface area (Å²) in [6.07, 6.45) is 3.47. The van der Waals surface area contributed by atoms with Gasteiger partial charge in [0, 0.05) is 29.3 Å². The van der Waals surface area contributed by atoms with Crippen molar-refractivity contribution in [2.45, 2.75) is 13.0 Å². The molecule has 2 aromatic heterocycles. The largest absolute Gasteiger partial charge is 0.398 e. The van der Waals surface area contributed by atoms with Gasteiger partial charge in [0.25, 0.3) is 0 Å². The molecule has 0 aliphatic heterocycles. The minimum absolute atomic E-state index is 0.0244. The molecule has 3 N–H and O–H groups in total. The zero-order valence-electron chi connectivity index (χ0n) is 10.0. The van der Waals surface area contributed by atoms with E-state index in [4.69, 9.17) is 5.73 Å². The fourth-order valence-corrected chi connectivity index (χ4v) is 1.85. The summed E-state index contributed by atoms with van der Waals surface area (Å²) in [4.78, 5) is 8.63. The lowest BCUT2D eigenvalue weighted by atomic mass is 10.0. The Kier molecular flexibility index (Phi) is 3.35. The van der Waals surface area contributed by atoms with E-state index in [2.05, 4.69) is 15.3 Å². The van der Waals surface area contributed by atoms with Gasteiger partial charge in [-0.25, -0.2) is 0 Å². The van der Waals surface area contributed by atoms with Crippen LogP contribution >= 0.6 is 0 Å². The lowest BCUT2D eigenvalue weighted by molar-refractivity contribution is 0.668. The molecule has 0 bridgehead atoms. The zero-order valence-corrected chi connectivity index (χ0v) is 10.0. The van der Waals surface area contributed by atoms with Gasteiger partial charge in [-0.15, -0.1) is 0 Å². The lowest BCUT2D eigenvalue weighted by Gasteiger charge is -2.17. The molecule has 2 rings (SSSR count). The number of rotatable bonds is 3. The molecule has 17 heavy (non-hydrogen) atoms. The van der Waals surface area contributed by atoms with Gasteiger partial charge in [0.15, 0.2) is 0 Å². The summed E-state index contributed by atoms with van der Waals surface area (Å²) >= 11 is 0. The SMILES string of the molecule is CNC(c1cccc(C)n1)c1cnccc1N. The average molecular weight is 228 g/mol. The van der Waals surface area contributed by atoms with Crippen molar-refractivity contribution < 1.29 is 0 Å². The molecule has 0 aliphatic rings. The Bertz CT molecular complexity index is 510. The number of aromatic nitrogens is 2. The van der Waals surface area contributed by atoms with Crippen LogP contribution in [0.2, 0.25) is 0 Å². The first-order chi connectivity index (χ1) is 8.22. The summed E-state index contributed by atoms with van der Waals surface area (Å²) < 4.78 is 0. The number of hydrogen-bond acceptors (Lipinski definition) is 4. The van der Waals surface area contributed by atoms with E-state index in [1.807, 2.05) is 32.2 Å². The molecular formula is C13H16N4. The standard InChI is InChI=1S/C13H16N4/c1-9-4-3-5-12(17-9)13(15-2)10-8-16-7-6-11(10)14/h3-8,13,15H,1-2H3,(H2,14,16). The maximum Gasteiger partial charge on any atom is 0.0784 e. The molecule has 0 saturated carbocycles. The van der Waals surface area contributed by atoms with Crippen molar-refractivity contribution in [3.8, 4) is 0 Å². The minimum Gasteiger partial charge on any atom is -0.398 e. The molecule has 1 atom stereocenters. The van der Waals surface area contributed by atoms with Crippen LogP contribution in [0.15, 0.2) is 36.7 Å². The molecule has 2 aromatic rings. The van der Waals surface area contributed by atoms with E-state index in [1.165, 1.54) is 0 Å². The van der Waals surface area contributed by atoms with Crippen LogP contribution in [0, 0.1) is 6.92 Å². The molecule has 0 amide bonds. The predicted molar refractivity (Wildman–Crippen MR) is 68.5 cm³/mol. The number of nitrogen functional groups attached to an aromatic ring is 1. The van der Waals surface area contributed by atoms with E-state index in [0.717, 1.165) is 22.6 Å². The topological polar surface area (TPSA) is 63.8 Å². The monoisotopic (exact) mass is 228 g/mol. The predicted octanol–water partition coefficient (Wildman–Crippen LogP) is 1.68. The lowest BCUT2D eigenvalue weighted by Crippen LogP contribution is -2.20. The first-order valence-electron chi connectivity index (χ1n) is 5.52. The van der Waals surface area contributed by atoms with E-state index in [1.54, 1.807) is 18.5 Å². The van der Waals surface area contributed by atoms with Gasteiger partial charge in [-0.1, -0.05) is 6.07 Å². The van der Waals surface area contributed by atoms with Gasteiger partial charge in [-0.05, 0) is 32.2 Å². The third-order valence-corrected chi connectivity index (χ3v) is 2.69. The highest BCUT2D eigenvalue weighted by atomic mass is 14.9. The molecule has 0 saturated heterocycles. The molecule has 0 aromatic carbocycles. The maximum atomic E-state index is 5.96. The number of pyridine rings is 2. The molecule has 1 unspecified atom stereocenters. The fraction of sp³-hybridized carbons (Fsp3) is 0.231. The first kappa shape index (κ1) is 11.5. The summed E-state index contributed by atoms with van der Waals surface area (Å²) in [5.74, 6) is 0. The van der Waals surface area contributed by atoms with Crippen LogP contribution in [-0.2, 0) is 0 Å². The van der Waals surface area contributed by atoms with Gasteiger partial charge in [-0.2, -0.15) is 0 Å². The second-order valence-electron chi connectivity index (χ2n) is 3.93. The van der Waals surface area contributed by atoms with Crippen molar-refractivity contribution in [1.29, 1.82) is 0 Å². The number of aryl methyl sites for hydroxylation is 1. The molecule has 88 valence electrons. The molecule has 4 heteroatoms. The van der Waals surface area contributed by atoms with Crippen LogP contribution in [0.4, 0.5) is 5.69 Å². The van der Waals surface area contributed by atoms with Gasteiger partial charge in [0.05, 0.1) is 11.7 Å². The first-order valence-corrected chi connectivity index (χ1v) is 5.52. The third kappa shape index (κ3) is 2.42. The van der Waals surface area contributed by atoms with Gasteiger partial charge < -0.3 is 11.1 Å². The van der Waals surface area contributed by atoms with Crippen molar-refractivity contribution in [3.63, 3.8) is 0 Å². The van der Waals surface area contributed by atoms with Crippen LogP contribution in [0.1, 0.15) is 23.0 Å². The van der Waals surface area contributed by atoms with Gasteiger partial charge >= 0.3 is 0 Å². The number of nitrogens with one attached hydrogen (secondary N) is 1. The summed E-state index contributed by atoms with van der Waals surface area (Å²) in [6, 6.07) is 7.73. The molecule has 0 aliphatic carbocycles. The van der Waals surface area contributed by atoms with Gasteiger partial charge in [0.1, 0.15) is 0 Å². The fourth-order valence-electron chi connectivity index (χ4n) is 1.85. The number of nitrogens with two attached hydrogens (primary N) is 1.